The summed E-state index contributed by atoms with van der Waals surface area (Å²) < 4.78 is 34.4. The molecule has 4 fully saturated rings. The molecule has 274 valence electrons. The van der Waals surface area contributed by atoms with Crippen LogP contribution in [0.4, 0.5) is 0 Å². The van der Waals surface area contributed by atoms with E-state index in [4.69, 9.17) is 28.4 Å². The van der Waals surface area contributed by atoms with Crippen LogP contribution in [0.25, 0.3) is 0 Å². The first-order chi connectivity index (χ1) is 24.0. The number of hydrogen-bond donors (Lipinski definition) is 0. The molecule has 4 heterocycles. The molecule has 0 aromatic heterocycles. The SMILES string of the molecule is C=C1C(=O)O[C@H]2[C@H]1CC/C(COC(=O)CCCCCCCCC(=O)OC/C1=C/CC[C@@]3(C)O[C@H]3[C@H]3OC(=O)C(=C)[C@@H]3CC1)=C\CC[C@@]1(C)O[C@@H]21. The zero-order chi connectivity index (χ0) is 35.5. The predicted octanol–water partition coefficient (Wildman–Crippen LogP) is 6.71. The number of carbonyl (C=O) groups is 4. The van der Waals surface area contributed by atoms with E-state index >= 15 is 0 Å². The van der Waals surface area contributed by atoms with Crippen LogP contribution >= 0.6 is 0 Å². The van der Waals surface area contributed by atoms with Gasteiger partial charge in [0.2, 0.25) is 0 Å². The number of esters is 4. The monoisotopic (exact) mass is 694 g/mol. The molecule has 0 bridgehead atoms. The van der Waals surface area contributed by atoms with Crippen LogP contribution in [-0.2, 0) is 47.6 Å². The molecule has 0 aromatic rings. The standard InChI is InChI=1S/C40H54O10/c1-25-29-19-17-27(13-11-21-39(3)35(49-39)33(29)47-37(25)43)23-45-31(41)15-9-7-5-6-8-10-16-32(42)46-24-28-14-12-22-40(4)36(50-40)34-30(20-18-28)26(2)38(44)48-34/h13-14,29-30,33-36H,1-2,5-12,15-24H2,3-4H3/b27-13+,28-14+/t29-,30-,33-,34-,35-,36-,39+,40+/m0/s1. The van der Waals surface area contributed by atoms with Gasteiger partial charge >= 0.3 is 23.9 Å². The second kappa shape index (κ2) is 15.6. The summed E-state index contributed by atoms with van der Waals surface area (Å²) in [5.41, 5.74) is 2.60. The number of carbonyl (C=O) groups excluding carboxylic acids is 4. The Morgan fingerprint density at radius 3 is 1.52 bits per heavy atom. The number of rotatable bonds is 13. The minimum Gasteiger partial charge on any atom is -0.461 e. The molecule has 10 nitrogen and oxygen atoms in total. The molecule has 0 radical (unpaired) electrons. The first-order valence-electron chi connectivity index (χ1n) is 18.8. The molecule has 4 saturated heterocycles. The summed E-state index contributed by atoms with van der Waals surface area (Å²) in [4.78, 5) is 49.3. The summed E-state index contributed by atoms with van der Waals surface area (Å²) in [6, 6.07) is 0. The minimum absolute atomic E-state index is 0.0704. The molecule has 0 unspecified atom stereocenters. The highest BCUT2D eigenvalue weighted by Gasteiger charge is 2.62. The van der Waals surface area contributed by atoms with Gasteiger partial charge in [0.05, 0.1) is 11.2 Å². The first kappa shape index (κ1) is 36.5. The number of hydrogen-bond acceptors (Lipinski definition) is 10. The van der Waals surface area contributed by atoms with Crippen molar-refractivity contribution < 1.29 is 47.6 Å². The van der Waals surface area contributed by atoms with Crippen molar-refractivity contribution in [2.24, 2.45) is 11.8 Å². The van der Waals surface area contributed by atoms with Gasteiger partial charge in [0.15, 0.2) is 0 Å². The largest absolute Gasteiger partial charge is 0.461 e. The second-order valence-electron chi connectivity index (χ2n) is 15.5. The van der Waals surface area contributed by atoms with Crippen molar-refractivity contribution in [3.63, 3.8) is 0 Å². The molecule has 0 N–H and O–H groups in total. The Labute approximate surface area is 296 Å². The van der Waals surface area contributed by atoms with Crippen LogP contribution in [0.2, 0.25) is 0 Å². The Bertz CT molecular complexity index is 1320. The summed E-state index contributed by atoms with van der Waals surface area (Å²) in [7, 11) is 0. The van der Waals surface area contributed by atoms with Crippen molar-refractivity contribution >= 4 is 23.9 Å². The van der Waals surface area contributed by atoms with E-state index in [1.807, 2.05) is 0 Å². The van der Waals surface area contributed by atoms with E-state index < -0.39 is 0 Å². The third kappa shape index (κ3) is 8.61. The molecule has 0 spiro atoms. The Morgan fingerprint density at radius 1 is 0.700 bits per heavy atom. The summed E-state index contributed by atoms with van der Waals surface area (Å²) in [5.74, 6) is -1.18. The average molecular weight is 695 g/mol. The van der Waals surface area contributed by atoms with Crippen LogP contribution in [0.15, 0.2) is 47.6 Å². The van der Waals surface area contributed by atoms with E-state index in [2.05, 4.69) is 39.2 Å². The average Bonchev–Trinajstić information content (AvgIpc) is 3.90. The maximum absolute atomic E-state index is 12.5. The molecule has 0 saturated carbocycles. The fourth-order valence-electron chi connectivity index (χ4n) is 8.24. The highest BCUT2D eigenvalue weighted by atomic mass is 16.7. The van der Waals surface area contributed by atoms with E-state index in [1.54, 1.807) is 0 Å². The number of unbranched alkanes of at least 4 members (excludes halogenated alkanes) is 5. The van der Waals surface area contributed by atoms with Gasteiger partial charge in [-0.25, -0.2) is 9.59 Å². The highest BCUT2D eigenvalue weighted by molar-refractivity contribution is 5.91. The molecule has 8 atom stereocenters. The van der Waals surface area contributed by atoms with Crippen LogP contribution in [0, 0.1) is 11.8 Å². The zero-order valence-electron chi connectivity index (χ0n) is 29.8. The van der Waals surface area contributed by atoms with Crippen molar-refractivity contribution in [2.75, 3.05) is 13.2 Å². The van der Waals surface area contributed by atoms with Crippen LogP contribution in [0.1, 0.15) is 117 Å². The predicted molar refractivity (Wildman–Crippen MR) is 184 cm³/mol. The lowest BCUT2D eigenvalue weighted by atomic mass is 9.84. The maximum Gasteiger partial charge on any atom is 0.334 e. The van der Waals surface area contributed by atoms with Gasteiger partial charge in [-0.05, 0) is 89.2 Å². The number of epoxide rings is 2. The number of fused-ring (bicyclic) bond motifs is 6. The van der Waals surface area contributed by atoms with E-state index in [1.165, 1.54) is 0 Å². The second-order valence-corrected chi connectivity index (χ2v) is 15.5. The van der Waals surface area contributed by atoms with Gasteiger partial charge in [-0.1, -0.05) is 51.0 Å². The van der Waals surface area contributed by atoms with Crippen molar-refractivity contribution in [1.82, 2.24) is 0 Å². The van der Waals surface area contributed by atoms with Crippen molar-refractivity contribution in [2.45, 2.75) is 152 Å². The number of allylic oxidation sites excluding steroid dienone is 2. The molecule has 6 rings (SSSR count). The van der Waals surface area contributed by atoms with E-state index in [0.29, 0.717) is 24.0 Å². The maximum atomic E-state index is 12.5. The molecular weight excluding hydrogens is 640 g/mol. The van der Waals surface area contributed by atoms with Gasteiger partial charge in [0, 0.05) is 35.8 Å². The summed E-state index contributed by atoms with van der Waals surface area (Å²) >= 11 is 0. The lowest BCUT2D eigenvalue weighted by molar-refractivity contribution is -0.143. The van der Waals surface area contributed by atoms with E-state index in [9.17, 15) is 19.2 Å². The Morgan fingerprint density at radius 2 is 1.10 bits per heavy atom. The summed E-state index contributed by atoms with van der Waals surface area (Å²) in [6.45, 7) is 12.6. The fourth-order valence-corrected chi connectivity index (χ4v) is 8.24. The van der Waals surface area contributed by atoms with Crippen molar-refractivity contribution in [3.8, 4) is 0 Å². The Kier molecular flexibility index (Phi) is 11.4. The van der Waals surface area contributed by atoms with Gasteiger partial charge in [-0.2, -0.15) is 0 Å². The lowest BCUT2D eigenvalue weighted by Gasteiger charge is -2.20. The Hall–Kier alpha value is -3.24. The molecule has 50 heavy (non-hydrogen) atoms. The number of ether oxygens (including phenoxy) is 6. The van der Waals surface area contributed by atoms with Gasteiger partial charge < -0.3 is 28.4 Å². The van der Waals surface area contributed by atoms with Gasteiger partial charge in [0.25, 0.3) is 0 Å². The third-order valence-electron chi connectivity index (χ3n) is 11.7. The van der Waals surface area contributed by atoms with Crippen LogP contribution in [0.5, 0.6) is 0 Å². The first-order valence-corrected chi connectivity index (χ1v) is 18.8. The van der Waals surface area contributed by atoms with Gasteiger partial charge in [0.1, 0.15) is 37.6 Å². The van der Waals surface area contributed by atoms with E-state index in [-0.39, 0.29) is 84.5 Å². The van der Waals surface area contributed by atoms with Crippen molar-refractivity contribution in [1.29, 1.82) is 0 Å². The smallest absolute Gasteiger partial charge is 0.334 e. The van der Waals surface area contributed by atoms with Crippen LogP contribution < -0.4 is 0 Å². The van der Waals surface area contributed by atoms with Gasteiger partial charge in [-0.15, -0.1) is 0 Å². The molecule has 6 aliphatic rings. The lowest BCUT2D eigenvalue weighted by Crippen LogP contribution is -2.29. The fraction of sp³-hybridized carbons (Fsp3) is 0.700. The summed E-state index contributed by atoms with van der Waals surface area (Å²) in [5, 5.41) is 0. The molecule has 10 heteroatoms. The minimum atomic E-state index is -0.328. The highest BCUT2D eigenvalue weighted by Crippen LogP contribution is 2.51. The van der Waals surface area contributed by atoms with Crippen LogP contribution in [-0.4, -0.2) is 72.7 Å². The molecule has 4 aliphatic heterocycles. The third-order valence-corrected chi connectivity index (χ3v) is 11.7. The van der Waals surface area contributed by atoms with Crippen LogP contribution in [0.3, 0.4) is 0 Å². The summed E-state index contributed by atoms with van der Waals surface area (Å²) in [6.07, 6.45) is 16.0. The molecule has 2 aliphatic carbocycles. The van der Waals surface area contributed by atoms with Crippen molar-refractivity contribution in [3.05, 3.63) is 47.6 Å². The topological polar surface area (TPSA) is 130 Å². The van der Waals surface area contributed by atoms with Gasteiger partial charge in [-0.3, -0.25) is 9.59 Å². The molecular formula is C40H54O10. The quantitative estimate of drug-likeness (QED) is 0.0512. The molecule has 0 aromatic carbocycles. The zero-order valence-corrected chi connectivity index (χ0v) is 29.8. The normalized spacial score (nSPS) is 36.9. The van der Waals surface area contributed by atoms with E-state index in [0.717, 1.165) is 101 Å². The Balaban J connectivity index is 0.811. The molecule has 0 amide bonds.